The molecule has 1 aromatic carbocycles. The van der Waals surface area contributed by atoms with E-state index in [1.165, 1.54) is 0 Å². The van der Waals surface area contributed by atoms with Gasteiger partial charge < -0.3 is 4.74 Å². The Morgan fingerprint density at radius 2 is 1.95 bits per heavy atom. The van der Waals surface area contributed by atoms with Gasteiger partial charge in [0.1, 0.15) is 6.61 Å². The van der Waals surface area contributed by atoms with Crippen molar-refractivity contribution in [3.05, 3.63) is 34.9 Å². The summed E-state index contributed by atoms with van der Waals surface area (Å²) in [7, 11) is 0. The fraction of sp³-hybridized carbons (Fsp3) is 0.571. The minimum absolute atomic E-state index is 0.174. The summed E-state index contributed by atoms with van der Waals surface area (Å²) in [6.07, 6.45) is -3.27. The number of benzene rings is 1. The Kier molecular flexibility index (Phi) is 6.57. The Balaban J connectivity index is 2.54. The predicted octanol–water partition coefficient (Wildman–Crippen LogP) is 2.59. The minimum Gasteiger partial charge on any atom is -0.373 e. The fourth-order valence-electron chi connectivity index (χ4n) is 1.85. The van der Waals surface area contributed by atoms with Crippen LogP contribution in [-0.2, 0) is 11.2 Å². The smallest absolute Gasteiger partial charge is 0.330 e. The van der Waals surface area contributed by atoms with E-state index in [9.17, 15) is 17.6 Å². The third-order valence-corrected chi connectivity index (χ3v) is 3.14. The summed E-state index contributed by atoms with van der Waals surface area (Å²) in [5.41, 5.74) is 5.56. The number of hydrogen-bond donors (Lipinski definition) is 2. The lowest BCUT2D eigenvalue weighted by atomic mass is 9.99. The van der Waals surface area contributed by atoms with E-state index in [1.54, 1.807) is 0 Å². The molecule has 3 N–H and O–H groups in total. The lowest BCUT2D eigenvalue weighted by Crippen LogP contribution is -2.42. The van der Waals surface area contributed by atoms with Crippen LogP contribution in [0.15, 0.2) is 18.2 Å². The van der Waals surface area contributed by atoms with Crippen molar-refractivity contribution in [1.82, 2.24) is 5.43 Å². The molecule has 0 aromatic heterocycles. The lowest BCUT2D eigenvalue weighted by Gasteiger charge is -2.20. The molecule has 1 atom stereocenters. The van der Waals surface area contributed by atoms with Crippen LogP contribution in [0.4, 0.5) is 17.6 Å². The van der Waals surface area contributed by atoms with Gasteiger partial charge in [0.2, 0.25) is 0 Å². The molecule has 0 aliphatic rings. The Labute approximate surface area is 121 Å². The highest BCUT2D eigenvalue weighted by molar-refractivity contribution is 5.31. The first-order valence-corrected chi connectivity index (χ1v) is 6.52. The molecule has 1 rings (SSSR count). The summed E-state index contributed by atoms with van der Waals surface area (Å²) in [6.45, 7) is 2.36. The maximum atomic E-state index is 12.7. The molecule has 3 nitrogen and oxygen atoms in total. The molecular weight excluding hydrogens is 288 g/mol. The number of rotatable bonds is 8. The summed E-state index contributed by atoms with van der Waals surface area (Å²) < 4.78 is 54.1. The molecule has 0 saturated carbocycles. The molecule has 0 amide bonds. The molecule has 0 radical (unpaired) electrons. The van der Waals surface area contributed by atoms with E-state index in [1.807, 2.05) is 32.0 Å². The van der Waals surface area contributed by atoms with Crippen LogP contribution in [0, 0.1) is 13.8 Å². The first kappa shape index (κ1) is 17.9. The highest BCUT2D eigenvalue weighted by Crippen LogP contribution is 2.23. The summed E-state index contributed by atoms with van der Waals surface area (Å²) in [4.78, 5) is 0. The van der Waals surface area contributed by atoms with Gasteiger partial charge in [0.15, 0.2) is 0 Å². The summed E-state index contributed by atoms with van der Waals surface area (Å²) in [5.74, 6) is 1.21. The Hall–Kier alpha value is -1.18. The van der Waals surface area contributed by atoms with Crippen LogP contribution >= 0.6 is 0 Å². The third kappa shape index (κ3) is 5.61. The van der Waals surface area contributed by atoms with Gasteiger partial charge in [0.05, 0.1) is 6.61 Å². The summed E-state index contributed by atoms with van der Waals surface area (Å²) in [6, 6.07) is 5.44. The van der Waals surface area contributed by atoms with Crippen molar-refractivity contribution in [3.8, 4) is 0 Å². The molecule has 7 heteroatoms. The average Bonchev–Trinajstić information content (AvgIpc) is 2.41. The van der Waals surface area contributed by atoms with Gasteiger partial charge in [-0.3, -0.25) is 11.3 Å². The Morgan fingerprint density at radius 1 is 1.29 bits per heavy atom. The van der Waals surface area contributed by atoms with Gasteiger partial charge in [-0.15, -0.1) is 0 Å². The highest BCUT2D eigenvalue weighted by Gasteiger charge is 2.41. The number of halogens is 4. The van der Waals surface area contributed by atoms with Crippen molar-refractivity contribution in [2.24, 2.45) is 5.84 Å². The molecule has 21 heavy (non-hydrogen) atoms. The summed E-state index contributed by atoms with van der Waals surface area (Å²) >= 11 is 0. The van der Waals surface area contributed by atoms with E-state index >= 15 is 0 Å². The zero-order valence-corrected chi connectivity index (χ0v) is 12.0. The SMILES string of the molecule is Cc1ccc(C)c(CC(COCC(F)(F)C(F)F)NN)c1. The maximum absolute atomic E-state index is 12.7. The molecule has 0 bridgehead atoms. The molecule has 0 fully saturated rings. The molecule has 0 aliphatic carbocycles. The van der Waals surface area contributed by atoms with Crippen LogP contribution in [-0.4, -0.2) is 31.6 Å². The van der Waals surface area contributed by atoms with E-state index in [0.29, 0.717) is 6.42 Å². The van der Waals surface area contributed by atoms with Gasteiger partial charge in [-0.1, -0.05) is 23.8 Å². The van der Waals surface area contributed by atoms with E-state index < -0.39 is 25.0 Å². The van der Waals surface area contributed by atoms with Crippen LogP contribution in [0.3, 0.4) is 0 Å². The second-order valence-electron chi connectivity index (χ2n) is 5.07. The van der Waals surface area contributed by atoms with Gasteiger partial charge in [-0.25, -0.2) is 8.78 Å². The summed E-state index contributed by atoms with van der Waals surface area (Å²) in [5, 5.41) is 0. The first-order chi connectivity index (χ1) is 9.76. The molecule has 0 aliphatic heterocycles. The molecule has 1 aromatic rings. The quantitative estimate of drug-likeness (QED) is 0.441. The van der Waals surface area contributed by atoms with E-state index in [0.717, 1.165) is 16.7 Å². The van der Waals surface area contributed by atoms with Crippen LogP contribution in [0.5, 0.6) is 0 Å². The van der Waals surface area contributed by atoms with Crippen LogP contribution in [0.2, 0.25) is 0 Å². The average molecular weight is 308 g/mol. The largest absolute Gasteiger partial charge is 0.373 e. The third-order valence-electron chi connectivity index (χ3n) is 3.14. The van der Waals surface area contributed by atoms with Crippen LogP contribution in [0.1, 0.15) is 16.7 Å². The van der Waals surface area contributed by atoms with Crippen molar-refractivity contribution < 1.29 is 22.3 Å². The van der Waals surface area contributed by atoms with Crippen LogP contribution in [0.25, 0.3) is 0 Å². The zero-order chi connectivity index (χ0) is 16.0. The van der Waals surface area contributed by atoms with E-state index in [2.05, 4.69) is 10.2 Å². The number of alkyl halides is 4. The standard InChI is InChI=1S/C14H20F4N2O/c1-9-3-4-10(2)11(5-9)6-12(20-19)7-21-8-14(17,18)13(15)16/h3-5,12-13,20H,6-8,19H2,1-2H3. The lowest BCUT2D eigenvalue weighted by molar-refractivity contribution is -0.167. The zero-order valence-electron chi connectivity index (χ0n) is 12.0. The molecule has 0 heterocycles. The number of ether oxygens (including phenoxy) is 1. The monoisotopic (exact) mass is 308 g/mol. The number of hydrazine groups is 1. The van der Waals surface area contributed by atoms with Crippen molar-refractivity contribution in [2.75, 3.05) is 13.2 Å². The second kappa shape index (κ2) is 7.72. The van der Waals surface area contributed by atoms with Crippen LogP contribution < -0.4 is 11.3 Å². The Bertz CT molecular complexity index is 455. The number of nitrogens with two attached hydrogens (primary N) is 1. The number of nitrogens with one attached hydrogen (secondary N) is 1. The molecule has 120 valence electrons. The van der Waals surface area contributed by atoms with Gasteiger partial charge in [0, 0.05) is 6.04 Å². The van der Waals surface area contributed by atoms with Crippen molar-refractivity contribution in [2.45, 2.75) is 38.7 Å². The van der Waals surface area contributed by atoms with Gasteiger partial charge in [-0.2, -0.15) is 8.78 Å². The molecule has 0 saturated heterocycles. The second-order valence-corrected chi connectivity index (χ2v) is 5.07. The molecular formula is C14H20F4N2O. The minimum atomic E-state index is -4.14. The predicted molar refractivity (Wildman–Crippen MR) is 72.5 cm³/mol. The van der Waals surface area contributed by atoms with Crippen molar-refractivity contribution in [3.63, 3.8) is 0 Å². The fourth-order valence-corrected chi connectivity index (χ4v) is 1.85. The van der Waals surface area contributed by atoms with Crippen molar-refractivity contribution >= 4 is 0 Å². The molecule has 0 spiro atoms. The number of aryl methyl sites for hydroxylation is 2. The maximum Gasteiger partial charge on any atom is 0.330 e. The number of hydrogen-bond acceptors (Lipinski definition) is 3. The van der Waals surface area contributed by atoms with Gasteiger partial charge in [0.25, 0.3) is 0 Å². The molecule has 1 unspecified atom stereocenters. The van der Waals surface area contributed by atoms with Crippen molar-refractivity contribution in [1.29, 1.82) is 0 Å². The van der Waals surface area contributed by atoms with Gasteiger partial charge >= 0.3 is 12.3 Å². The normalized spacial score (nSPS) is 13.7. The first-order valence-electron chi connectivity index (χ1n) is 6.52. The topological polar surface area (TPSA) is 47.3 Å². The highest BCUT2D eigenvalue weighted by atomic mass is 19.3. The van der Waals surface area contributed by atoms with E-state index in [4.69, 9.17) is 5.84 Å². The van der Waals surface area contributed by atoms with E-state index in [-0.39, 0.29) is 6.61 Å². The Morgan fingerprint density at radius 3 is 2.52 bits per heavy atom. The van der Waals surface area contributed by atoms with Gasteiger partial charge in [-0.05, 0) is 31.4 Å².